The van der Waals surface area contributed by atoms with E-state index in [0.717, 1.165) is 4.90 Å². The van der Waals surface area contributed by atoms with Gasteiger partial charge in [-0.1, -0.05) is 23.7 Å². The maximum absolute atomic E-state index is 13.1. The molecule has 1 fully saturated rings. The monoisotopic (exact) mass is 376 g/mol. The third-order valence-electron chi connectivity index (χ3n) is 3.99. The summed E-state index contributed by atoms with van der Waals surface area (Å²) >= 11 is 5.72. The molecule has 1 atom stereocenters. The summed E-state index contributed by atoms with van der Waals surface area (Å²) in [6.07, 6.45) is 1.36. The van der Waals surface area contributed by atoms with Crippen molar-refractivity contribution in [2.75, 3.05) is 11.9 Å². The number of halogens is 2. The third-order valence-corrected chi connectivity index (χ3v) is 4.22. The van der Waals surface area contributed by atoms with Crippen LogP contribution < -0.4 is 10.6 Å². The number of pyridine rings is 1. The lowest BCUT2D eigenvalue weighted by Gasteiger charge is -2.22. The van der Waals surface area contributed by atoms with Gasteiger partial charge < -0.3 is 10.6 Å². The van der Waals surface area contributed by atoms with Gasteiger partial charge in [0.1, 0.15) is 23.7 Å². The van der Waals surface area contributed by atoms with Crippen LogP contribution in [-0.4, -0.2) is 34.3 Å². The van der Waals surface area contributed by atoms with Crippen molar-refractivity contribution in [2.45, 2.75) is 12.5 Å². The molecule has 9 heteroatoms. The molecule has 134 valence electrons. The molecule has 0 saturated carbocycles. The summed E-state index contributed by atoms with van der Waals surface area (Å²) in [5, 5.41) is 5.43. The number of imide groups is 1. The van der Waals surface area contributed by atoms with Crippen molar-refractivity contribution in [1.82, 2.24) is 15.2 Å². The molecule has 1 aromatic heterocycles. The van der Waals surface area contributed by atoms with Gasteiger partial charge in [0.05, 0.1) is 5.02 Å². The van der Waals surface area contributed by atoms with Crippen molar-refractivity contribution >= 4 is 35.3 Å². The summed E-state index contributed by atoms with van der Waals surface area (Å²) in [6.45, 7) is 1.02. The Bertz CT molecular complexity index is 873. The van der Waals surface area contributed by atoms with E-state index < -0.39 is 35.7 Å². The zero-order valence-corrected chi connectivity index (χ0v) is 14.4. The molecular formula is C17H14ClFN4O3. The molecule has 2 heterocycles. The van der Waals surface area contributed by atoms with E-state index in [0.29, 0.717) is 10.6 Å². The maximum atomic E-state index is 13.1. The summed E-state index contributed by atoms with van der Waals surface area (Å²) in [5.74, 6) is -1.41. The van der Waals surface area contributed by atoms with E-state index in [2.05, 4.69) is 15.6 Å². The number of nitrogens with zero attached hydrogens (tertiary/aromatic N) is 2. The van der Waals surface area contributed by atoms with E-state index in [1.807, 2.05) is 0 Å². The zero-order chi connectivity index (χ0) is 18.9. The van der Waals surface area contributed by atoms with Crippen LogP contribution in [0.15, 0.2) is 42.6 Å². The average molecular weight is 377 g/mol. The van der Waals surface area contributed by atoms with Crippen molar-refractivity contribution in [2.24, 2.45) is 0 Å². The molecule has 1 unspecified atom stereocenters. The van der Waals surface area contributed by atoms with Crippen LogP contribution >= 0.6 is 11.6 Å². The van der Waals surface area contributed by atoms with Crippen molar-refractivity contribution < 1.29 is 18.8 Å². The van der Waals surface area contributed by atoms with Gasteiger partial charge >= 0.3 is 6.03 Å². The standard InChI is InChI=1S/C17H14ClFN4O3/c1-17(10-2-5-12(19)6-3-10)15(25)23(16(26)22-17)9-14(24)21-13-7-4-11(18)8-20-13/h2-8H,9H2,1H3,(H,22,26)(H,20,21,24). The number of hydrogen-bond acceptors (Lipinski definition) is 4. The Balaban J connectivity index is 1.73. The molecule has 1 aromatic carbocycles. The van der Waals surface area contributed by atoms with Crippen molar-refractivity contribution in [3.05, 3.63) is 59.0 Å². The number of amides is 4. The Kier molecular flexibility index (Phi) is 4.60. The number of aromatic nitrogens is 1. The number of carbonyl (C=O) groups is 3. The minimum absolute atomic E-state index is 0.243. The number of urea groups is 1. The molecule has 1 aliphatic heterocycles. The van der Waals surface area contributed by atoms with E-state index in [9.17, 15) is 18.8 Å². The lowest BCUT2D eigenvalue weighted by Crippen LogP contribution is -2.42. The number of hydrogen-bond donors (Lipinski definition) is 2. The Hall–Kier alpha value is -3.00. The fourth-order valence-electron chi connectivity index (χ4n) is 2.60. The quantitative estimate of drug-likeness (QED) is 0.801. The summed E-state index contributed by atoms with van der Waals surface area (Å²) in [4.78, 5) is 41.7. The van der Waals surface area contributed by atoms with Gasteiger partial charge in [-0.05, 0) is 36.8 Å². The van der Waals surface area contributed by atoms with E-state index in [4.69, 9.17) is 11.6 Å². The Morgan fingerprint density at radius 1 is 1.27 bits per heavy atom. The molecular weight excluding hydrogens is 363 g/mol. The second kappa shape index (κ2) is 6.72. The van der Waals surface area contributed by atoms with Gasteiger partial charge in [-0.3, -0.25) is 14.5 Å². The molecule has 2 aromatic rings. The van der Waals surface area contributed by atoms with Gasteiger partial charge in [0, 0.05) is 6.20 Å². The van der Waals surface area contributed by atoms with Crippen molar-refractivity contribution in [3.8, 4) is 0 Å². The Labute approximate surface area is 153 Å². The Morgan fingerprint density at radius 2 is 1.96 bits per heavy atom. The molecule has 0 spiro atoms. The number of anilines is 1. The molecule has 4 amide bonds. The van der Waals surface area contributed by atoms with Gasteiger partial charge in [0.25, 0.3) is 5.91 Å². The minimum Gasteiger partial charge on any atom is -0.319 e. The van der Waals surface area contributed by atoms with Gasteiger partial charge in [-0.2, -0.15) is 0 Å². The van der Waals surface area contributed by atoms with E-state index >= 15 is 0 Å². The lowest BCUT2D eigenvalue weighted by atomic mass is 9.92. The van der Waals surface area contributed by atoms with Crippen LogP contribution in [0.4, 0.5) is 15.0 Å². The highest BCUT2D eigenvalue weighted by atomic mass is 35.5. The van der Waals surface area contributed by atoms with Crippen LogP contribution in [0.5, 0.6) is 0 Å². The fourth-order valence-corrected chi connectivity index (χ4v) is 2.71. The van der Waals surface area contributed by atoms with Gasteiger partial charge in [0.2, 0.25) is 5.91 Å². The topological polar surface area (TPSA) is 91.4 Å². The molecule has 1 saturated heterocycles. The predicted molar refractivity (Wildman–Crippen MR) is 91.9 cm³/mol. The summed E-state index contributed by atoms with van der Waals surface area (Å²) < 4.78 is 13.1. The van der Waals surface area contributed by atoms with Gasteiger partial charge in [-0.25, -0.2) is 14.2 Å². The minimum atomic E-state index is -1.37. The first-order valence-electron chi connectivity index (χ1n) is 7.61. The molecule has 0 bridgehead atoms. The molecule has 1 aliphatic rings. The summed E-state index contributed by atoms with van der Waals surface area (Å²) in [7, 11) is 0. The van der Waals surface area contributed by atoms with Crippen LogP contribution in [0, 0.1) is 5.82 Å². The molecule has 3 rings (SSSR count). The highest BCUT2D eigenvalue weighted by Gasteiger charge is 2.49. The van der Waals surface area contributed by atoms with Crippen molar-refractivity contribution in [1.29, 1.82) is 0 Å². The number of benzene rings is 1. The number of carbonyl (C=O) groups excluding carboxylic acids is 3. The molecule has 0 radical (unpaired) electrons. The van der Waals surface area contributed by atoms with Gasteiger partial charge in [0.15, 0.2) is 0 Å². The normalized spacial score (nSPS) is 19.4. The zero-order valence-electron chi connectivity index (χ0n) is 13.6. The highest BCUT2D eigenvalue weighted by molar-refractivity contribution is 6.30. The van der Waals surface area contributed by atoms with Crippen LogP contribution in [0.2, 0.25) is 5.02 Å². The highest BCUT2D eigenvalue weighted by Crippen LogP contribution is 2.28. The lowest BCUT2D eigenvalue weighted by molar-refractivity contribution is -0.133. The predicted octanol–water partition coefficient (Wildman–Crippen LogP) is 2.28. The molecule has 7 nitrogen and oxygen atoms in total. The van der Waals surface area contributed by atoms with Crippen LogP contribution in [-0.2, 0) is 15.1 Å². The Morgan fingerprint density at radius 3 is 2.58 bits per heavy atom. The first-order chi connectivity index (χ1) is 12.3. The first kappa shape index (κ1) is 17.8. The molecule has 2 N–H and O–H groups in total. The number of nitrogens with one attached hydrogen (secondary N) is 2. The van der Waals surface area contributed by atoms with E-state index in [-0.39, 0.29) is 5.82 Å². The van der Waals surface area contributed by atoms with Crippen LogP contribution in [0.1, 0.15) is 12.5 Å². The van der Waals surface area contributed by atoms with E-state index in [1.165, 1.54) is 43.5 Å². The maximum Gasteiger partial charge on any atom is 0.325 e. The average Bonchev–Trinajstić information content (AvgIpc) is 2.82. The summed E-state index contributed by atoms with van der Waals surface area (Å²) in [5.41, 5.74) is -0.955. The van der Waals surface area contributed by atoms with Gasteiger partial charge in [-0.15, -0.1) is 0 Å². The van der Waals surface area contributed by atoms with Crippen LogP contribution in [0.25, 0.3) is 0 Å². The number of rotatable bonds is 4. The largest absolute Gasteiger partial charge is 0.325 e. The third kappa shape index (κ3) is 3.36. The first-order valence-corrected chi connectivity index (χ1v) is 7.99. The van der Waals surface area contributed by atoms with Crippen LogP contribution in [0.3, 0.4) is 0 Å². The van der Waals surface area contributed by atoms with Crippen molar-refractivity contribution in [3.63, 3.8) is 0 Å². The fraction of sp³-hybridized carbons (Fsp3) is 0.176. The summed E-state index contributed by atoms with van der Waals surface area (Å²) in [6, 6.07) is 7.55. The SMILES string of the molecule is CC1(c2ccc(F)cc2)NC(=O)N(CC(=O)Nc2ccc(Cl)cn2)C1=O. The second-order valence-corrected chi connectivity index (χ2v) is 6.30. The molecule has 0 aliphatic carbocycles. The second-order valence-electron chi connectivity index (χ2n) is 5.86. The smallest absolute Gasteiger partial charge is 0.319 e. The van der Waals surface area contributed by atoms with E-state index in [1.54, 1.807) is 6.07 Å². The molecule has 26 heavy (non-hydrogen) atoms.